The summed E-state index contributed by atoms with van der Waals surface area (Å²) >= 11 is 0. The average molecular weight is 400 g/mol. The Morgan fingerprint density at radius 3 is 1.19 bits per heavy atom. The van der Waals surface area contributed by atoms with Crippen LogP contribution in [0.15, 0.2) is 0 Å². The van der Waals surface area contributed by atoms with Crippen molar-refractivity contribution in [3.8, 4) is 0 Å². The topological polar surface area (TPSA) is 29.1 Å². The predicted octanol–water partition coefficient (Wildman–Crippen LogP) is 11.3. The Balaban J connectivity index is -0.00000000495. The van der Waals surface area contributed by atoms with Crippen molar-refractivity contribution in [2.24, 2.45) is 0 Å². The van der Waals surface area contributed by atoms with E-state index in [9.17, 15) is 4.79 Å². The molecule has 0 aliphatic heterocycles. The lowest BCUT2D eigenvalue weighted by Gasteiger charge is -1.86. The Morgan fingerprint density at radius 1 is 0.692 bits per heavy atom. The molecule has 26 heavy (non-hydrogen) atoms. The van der Waals surface area contributed by atoms with Gasteiger partial charge in [0.25, 0.3) is 0 Å². The van der Waals surface area contributed by atoms with Crippen LogP contribution in [0.2, 0.25) is 0 Å². The highest BCUT2D eigenvalue weighted by Crippen LogP contribution is 1.92. The van der Waals surface area contributed by atoms with E-state index in [0.29, 0.717) is 13.4 Å². The Bertz CT molecular complexity index is 121. The molecule has 0 saturated heterocycles. The highest BCUT2D eigenvalue weighted by molar-refractivity contribution is 5.75. The van der Waals surface area contributed by atoms with Crippen molar-refractivity contribution in [2.45, 2.75) is 150 Å². The molecule has 1 N–H and O–H groups in total. The molecule has 0 saturated carbocycles. The van der Waals surface area contributed by atoms with Crippen molar-refractivity contribution in [3.63, 3.8) is 0 Å². The lowest BCUT2D eigenvalue weighted by Crippen LogP contribution is -2.04. The van der Waals surface area contributed by atoms with E-state index in [1.807, 2.05) is 6.92 Å². The summed E-state index contributed by atoms with van der Waals surface area (Å²) in [5.41, 5.74) is 0. The third kappa shape index (κ3) is 382. The molecule has 0 atom stereocenters. The molecular formula is C24H79NO. The van der Waals surface area contributed by atoms with Gasteiger partial charge in [-0.05, 0) is 33.3 Å². The predicted molar refractivity (Wildman–Crippen MR) is 149 cm³/mol. The van der Waals surface area contributed by atoms with E-state index < -0.39 is 0 Å². The molecule has 0 aromatic carbocycles. The lowest BCUT2D eigenvalue weighted by molar-refractivity contribution is -0.117. The second-order valence-corrected chi connectivity index (χ2v) is 2.64. The number of ketones is 1. The first-order valence-corrected chi connectivity index (χ1v) is 4.53. The smallest absolute Gasteiger partial charge is 0.129 e. The van der Waals surface area contributed by atoms with Crippen molar-refractivity contribution in [1.29, 1.82) is 0 Å². The molecule has 0 aromatic heterocycles. The lowest BCUT2D eigenvalue weighted by atomic mass is 10.2. The van der Waals surface area contributed by atoms with E-state index in [1.165, 1.54) is 0 Å². The Kier molecular flexibility index (Phi) is 816. The van der Waals surface area contributed by atoms with Crippen molar-refractivity contribution in [2.75, 3.05) is 13.6 Å². The summed E-state index contributed by atoms with van der Waals surface area (Å²) < 4.78 is 13.2. The zero-order valence-electron chi connectivity index (χ0n) is 10.4. The molecule has 0 aliphatic rings. The molecule has 0 aliphatic carbocycles. The summed E-state index contributed by atoms with van der Waals surface area (Å²) in [4.78, 5) is 10.4. The average Bonchev–Trinajstić information content (AvgIpc) is 2.23. The van der Waals surface area contributed by atoms with Crippen molar-refractivity contribution >= 4 is 5.78 Å². The van der Waals surface area contributed by atoms with Gasteiger partial charge in [0.15, 0.2) is 0 Å². The minimum atomic E-state index is -0.0417. The van der Waals surface area contributed by atoms with Gasteiger partial charge in [-0.3, -0.25) is 0 Å². The van der Waals surface area contributed by atoms with E-state index in [4.69, 9.17) is 2.74 Å². The quantitative estimate of drug-likeness (QED) is 0.465. The standard InChI is InChI=1S/C6H12O.C4H11N.14CH4/c1-3-4-5-6(2)7;1-3-4-5-2;;;;;;;;;;;;;;/h3-5H2,1-2H3;5H,3-4H2,1-2H3;14*1H4/i2*2D;;;;;;;;;;;;;;. The molecule has 0 unspecified atom stereocenters. The molecule has 2 heteroatoms. The highest BCUT2D eigenvalue weighted by atomic mass is 16.1. The molecule has 0 spiro atoms. The number of carbonyl (C=O) groups is 1. The number of carbonyl (C=O) groups excluding carboxylic acids is 1. The summed E-state index contributed by atoms with van der Waals surface area (Å²) in [5, 5.41) is 2.86. The van der Waals surface area contributed by atoms with Gasteiger partial charge in [-0.25, -0.2) is 0 Å². The molecule has 0 radical (unpaired) electrons. The summed E-state index contributed by atoms with van der Waals surface area (Å²) in [7, 11) is 0.355. The van der Waals surface area contributed by atoms with Crippen LogP contribution in [-0.4, -0.2) is 19.4 Å². The van der Waals surface area contributed by atoms with E-state index in [-0.39, 0.29) is 117 Å². The monoisotopic (exact) mass is 400 g/mol. The van der Waals surface area contributed by atoms with E-state index in [1.54, 1.807) is 0 Å². The molecule has 0 aromatic rings. The molecule has 2 nitrogen and oxygen atoms in total. The van der Waals surface area contributed by atoms with Gasteiger partial charge < -0.3 is 10.1 Å². The maximum atomic E-state index is 10.4. The van der Waals surface area contributed by atoms with Crippen LogP contribution >= 0.6 is 0 Å². The molecule has 0 heterocycles. The van der Waals surface area contributed by atoms with Gasteiger partial charge in [-0.2, -0.15) is 0 Å². The highest BCUT2D eigenvalue weighted by Gasteiger charge is 1.87. The fraction of sp³-hybridized carbons (Fsp3) is 0.958. The molecule has 0 rings (SSSR count). The van der Waals surface area contributed by atoms with Crippen LogP contribution in [-0.2, 0) is 4.79 Å². The SMILES string of the molecule is C.C.C.C.C.C.C.C.C.C.C.C.C.C.[2H]CC(=O)CCCC.[2H]CNCCC. The summed E-state index contributed by atoms with van der Waals surface area (Å²) in [5.74, 6) is 0.0619. The van der Waals surface area contributed by atoms with Gasteiger partial charge in [0.05, 0.1) is 0 Å². The van der Waals surface area contributed by atoms with Gasteiger partial charge in [-0.1, -0.05) is 124 Å². The first-order valence-electron chi connectivity index (χ1n) is 5.95. The van der Waals surface area contributed by atoms with Crippen LogP contribution < -0.4 is 5.32 Å². The Labute approximate surface area is 183 Å². The third-order valence-electron chi connectivity index (χ3n) is 1.24. The number of rotatable bonds is 5. The van der Waals surface area contributed by atoms with Gasteiger partial charge in [-0.15, -0.1) is 0 Å². The zero-order chi connectivity index (χ0) is 11.2. The van der Waals surface area contributed by atoms with Crippen LogP contribution in [0.5, 0.6) is 0 Å². The van der Waals surface area contributed by atoms with Gasteiger partial charge in [0.1, 0.15) is 5.78 Å². The summed E-state index contributed by atoms with van der Waals surface area (Å²) in [6.07, 6.45) is 3.71. The maximum absolute atomic E-state index is 10.4. The van der Waals surface area contributed by atoms with Crippen molar-refractivity contribution < 1.29 is 7.54 Å². The zero-order valence-corrected chi connectivity index (χ0v) is 8.36. The van der Waals surface area contributed by atoms with Gasteiger partial charge in [0.2, 0.25) is 0 Å². The third-order valence-corrected chi connectivity index (χ3v) is 1.24. The Hall–Kier alpha value is -0.370. The molecular weight excluding hydrogens is 318 g/mol. The number of unbranched alkanes of at least 4 members (excludes halogenated alkanes) is 1. The number of nitrogens with one attached hydrogen (secondary N) is 1. The number of Topliss-reactive ketones (excluding diaryl/α,β-unsaturated/α-hetero) is 1. The van der Waals surface area contributed by atoms with Crippen molar-refractivity contribution in [1.82, 2.24) is 5.32 Å². The first-order chi connectivity index (χ1) is 6.72. The number of hydrogen-bond acceptors (Lipinski definition) is 2. The normalized spacial score (nSPS) is 5.00. The van der Waals surface area contributed by atoms with Crippen LogP contribution in [0.25, 0.3) is 0 Å². The summed E-state index contributed by atoms with van der Waals surface area (Å²) in [6.45, 7) is 5.06. The van der Waals surface area contributed by atoms with Crippen LogP contribution in [0.4, 0.5) is 0 Å². The minimum absolute atomic E-state index is 0. The van der Waals surface area contributed by atoms with E-state index >= 15 is 0 Å². The molecule has 0 amide bonds. The van der Waals surface area contributed by atoms with Gasteiger partial charge in [0, 0.05) is 9.16 Å². The largest absolute Gasteiger partial charge is 0.320 e. The Morgan fingerprint density at radius 2 is 1.04 bits per heavy atom. The fourth-order valence-electron chi connectivity index (χ4n) is 0.551. The first kappa shape index (κ1) is 115. The molecule has 186 valence electrons. The second kappa shape index (κ2) is 185. The molecule has 0 bridgehead atoms. The minimum Gasteiger partial charge on any atom is -0.320 e. The molecule has 0 fully saturated rings. The second-order valence-electron chi connectivity index (χ2n) is 2.64. The number of hydrogen-bond donors (Lipinski definition) is 1. The van der Waals surface area contributed by atoms with E-state index in [2.05, 4.69) is 12.2 Å². The van der Waals surface area contributed by atoms with Crippen LogP contribution in [0.3, 0.4) is 0 Å². The van der Waals surface area contributed by atoms with Crippen LogP contribution in [0, 0.1) is 0 Å². The van der Waals surface area contributed by atoms with Gasteiger partial charge >= 0.3 is 0 Å². The summed E-state index contributed by atoms with van der Waals surface area (Å²) in [6, 6.07) is 0. The maximum Gasteiger partial charge on any atom is 0.129 e. The van der Waals surface area contributed by atoms with Crippen LogP contribution in [0.1, 0.15) is 153 Å². The van der Waals surface area contributed by atoms with Crippen molar-refractivity contribution in [3.05, 3.63) is 0 Å². The fourth-order valence-corrected chi connectivity index (χ4v) is 0.551. The van der Waals surface area contributed by atoms with E-state index in [0.717, 1.165) is 25.8 Å².